The molecule has 3 N–H and O–H groups in total. The van der Waals surface area contributed by atoms with Gasteiger partial charge in [-0.05, 0) is 62.9 Å². The smallest absolute Gasteiger partial charge is 0.241 e. The van der Waals surface area contributed by atoms with Crippen LogP contribution < -0.4 is 25.6 Å². The number of benzene rings is 1. The lowest BCUT2D eigenvalue weighted by atomic mass is 9.95. The summed E-state index contributed by atoms with van der Waals surface area (Å²) in [6, 6.07) is 9.04. The highest BCUT2D eigenvalue weighted by atomic mass is 16.5. The molecule has 2 aliphatic rings. The number of nitrogens with zero attached hydrogens (tertiary/aromatic N) is 2. The van der Waals surface area contributed by atoms with E-state index in [1.54, 1.807) is 24.5 Å². The molecule has 182 valence electrons. The maximum absolute atomic E-state index is 13.2. The normalized spacial score (nSPS) is 22.3. The van der Waals surface area contributed by atoms with Crippen molar-refractivity contribution in [1.82, 2.24) is 20.7 Å². The zero-order valence-corrected chi connectivity index (χ0v) is 19.8. The average Bonchev–Trinajstić information content (AvgIpc) is 3.36. The summed E-state index contributed by atoms with van der Waals surface area (Å²) in [7, 11) is 0. The van der Waals surface area contributed by atoms with E-state index in [1.165, 1.54) is 0 Å². The van der Waals surface area contributed by atoms with Gasteiger partial charge >= 0.3 is 0 Å². The van der Waals surface area contributed by atoms with Gasteiger partial charge in [0.1, 0.15) is 17.5 Å². The molecule has 2 aliphatic heterocycles. The molecule has 0 saturated carbocycles. The Bertz CT molecular complexity index is 987. The lowest BCUT2D eigenvalue weighted by Crippen LogP contribution is -2.50. The van der Waals surface area contributed by atoms with Crippen molar-refractivity contribution in [2.75, 3.05) is 31.6 Å². The maximum atomic E-state index is 13.2. The predicted octanol–water partition coefficient (Wildman–Crippen LogP) is 2.66. The number of rotatable bonds is 8. The number of hydrogen-bond donors (Lipinski definition) is 3. The molecule has 34 heavy (non-hydrogen) atoms. The standard InChI is InChI=1S/C25H33N5O4/c1-3-33-19-7-8-23(34-4-2)21(14-19)27-24(31)18-6-5-13-30(16-18)25(32)22-15-20(28-29-22)17-9-11-26-12-10-17/h7-12,14,18,20,22,28-29H,3-6,13,15-16H2,1-2H3,(H,27,31). The van der Waals surface area contributed by atoms with E-state index in [1.807, 2.05) is 36.9 Å². The number of likely N-dealkylation sites (tertiary alicyclic amines) is 1. The number of hydrazine groups is 1. The molecule has 0 aliphatic carbocycles. The minimum Gasteiger partial charge on any atom is -0.494 e. The van der Waals surface area contributed by atoms with E-state index in [4.69, 9.17) is 9.47 Å². The van der Waals surface area contributed by atoms with E-state index in [-0.39, 0.29) is 29.8 Å². The number of nitrogens with one attached hydrogen (secondary N) is 3. The predicted molar refractivity (Wildman–Crippen MR) is 128 cm³/mol. The van der Waals surface area contributed by atoms with Crippen LogP contribution in [-0.4, -0.2) is 54.0 Å². The second-order valence-electron chi connectivity index (χ2n) is 8.55. The Morgan fingerprint density at radius 1 is 1.12 bits per heavy atom. The number of ether oxygens (including phenoxy) is 2. The number of aromatic nitrogens is 1. The van der Waals surface area contributed by atoms with Crippen LogP contribution in [0.15, 0.2) is 42.7 Å². The monoisotopic (exact) mass is 467 g/mol. The van der Waals surface area contributed by atoms with Gasteiger partial charge in [-0.25, -0.2) is 10.9 Å². The summed E-state index contributed by atoms with van der Waals surface area (Å²) in [5.41, 5.74) is 8.02. The Labute approximate surface area is 200 Å². The van der Waals surface area contributed by atoms with Crippen molar-refractivity contribution in [3.05, 3.63) is 48.3 Å². The summed E-state index contributed by atoms with van der Waals surface area (Å²) in [5, 5.41) is 3.01. The largest absolute Gasteiger partial charge is 0.494 e. The molecular formula is C25H33N5O4. The highest BCUT2D eigenvalue weighted by molar-refractivity contribution is 5.95. The van der Waals surface area contributed by atoms with E-state index >= 15 is 0 Å². The minimum absolute atomic E-state index is 0.0231. The van der Waals surface area contributed by atoms with Crippen LogP contribution in [0.4, 0.5) is 5.69 Å². The van der Waals surface area contributed by atoms with Crippen LogP contribution in [0.5, 0.6) is 11.5 Å². The van der Waals surface area contributed by atoms with E-state index < -0.39 is 0 Å². The van der Waals surface area contributed by atoms with E-state index in [9.17, 15) is 9.59 Å². The molecule has 0 bridgehead atoms. The lowest BCUT2D eigenvalue weighted by molar-refractivity contribution is -0.136. The van der Waals surface area contributed by atoms with E-state index in [0.29, 0.717) is 49.9 Å². The number of carbonyl (C=O) groups excluding carboxylic acids is 2. The van der Waals surface area contributed by atoms with Crippen molar-refractivity contribution in [1.29, 1.82) is 0 Å². The number of amides is 2. The third-order valence-corrected chi connectivity index (χ3v) is 6.23. The quantitative estimate of drug-likeness (QED) is 0.548. The number of carbonyl (C=O) groups is 2. The van der Waals surface area contributed by atoms with Crippen molar-refractivity contribution in [3.8, 4) is 11.5 Å². The Morgan fingerprint density at radius 3 is 2.68 bits per heavy atom. The average molecular weight is 468 g/mol. The molecule has 0 radical (unpaired) electrons. The van der Waals surface area contributed by atoms with Gasteiger partial charge in [0.05, 0.1) is 24.8 Å². The third kappa shape index (κ3) is 5.66. The lowest BCUT2D eigenvalue weighted by Gasteiger charge is -2.33. The van der Waals surface area contributed by atoms with Gasteiger partial charge in [-0.2, -0.15) is 0 Å². The van der Waals surface area contributed by atoms with Crippen LogP contribution >= 0.6 is 0 Å². The Kier molecular flexibility index (Phi) is 7.97. The second kappa shape index (κ2) is 11.3. The van der Waals surface area contributed by atoms with Gasteiger partial charge in [-0.15, -0.1) is 0 Å². The highest BCUT2D eigenvalue weighted by Gasteiger charge is 2.36. The SMILES string of the molecule is CCOc1ccc(OCC)c(NC(=O)C2CCCN(C(=O)C3CC(c4ccncc4)NN3)C2)c1. The number of hydrogen-bond acceptors (Lipinski definition) is 7. The van der Waals surface area contributed by atoms with Crippen LogP contribution in [-0.2, 0) is 9.59 Å². The van der Waals surface area contributed by atoms with Crippen molar-refractivity contribution in [2.24, 2.45) is 5.92 Å². The van der Waals surface area contributed by atoms with Crippen LogP contribution in [0.25, 0.3) is 0 Å². The molecule has 9 heteroatoms. The number of pyridine rings is 1. The van der Waals surface area contributed by atoms with Crippen LogP contribution in [0.2, 0.25) is 0 Å². The van der Waals surface area contributed by atoms with Gasteiger partial charge in [0, 0.05) is 37.6 Å². The second-order valence-corrected chi connectivity index (χ2v) is 8.55. The zero-order valence-electron chi connectivity index (χ0n) is 19.8. The fraction of sp³-hybridized carbons (Fsp3) is 0.480. The maximum Gasteiger partial charge on any atom is 0.241 e. The Morgan fingerprint density at radius 2 is 1.91 bits per heavy atom. The third-order valence-electron chi connectivity index (χ3n) is 6.23. The van der Waals surface area contributed by atoms with E-state index in [2.05, 4.69) is 21.2 Å². The van der Waals surface area contributed by atoms with Gasteiger partial charge in [-0.3, -0.25) is 14.6 Å². The topological polar surface area (TPSA) is 105 Å². The first-order chi connectivity index (χ1) is 16.6. The summed E-state index contributed by atoms with van der Waals surface area (Å²) in [5.74, 6) is 0.902. The van der Waals surface area contributed by atoms with Gasteiger partial charge < -0.3 is 19.7 Å². The van der Waals surface area contributed by atoms with Crippen molar-refractivity contribution < 1.29 is 19.1 Å². The van der Waals surface area contributed by atoms with Crippen molar-refractivity contribution in [2.45, 2.75) is 45.2 Å². The van der Waals surface area contributed by atoms with Crippen LogP contribution in [0.1, 0.15) is 44.7 Å². The van der Waals surface area contributed by atoms with Gasteiger partial charge in [-0.1, -0.05) is 0 Å². The minimum atomic E-state index is -0.326. The summed E-state index contributed by atoms with van der Waals surface area (Å²) < 4.78 is 11.3. The molecule has 4 rings (SSSR count). The molecule has 9 nitrogen and oxygen atoms in total. The van der Waals surface area contributed by atoms with Crippen molar-refractivity contribution >= 4 is 17.5 Å². The fourth-order valence-corrected chi connectivity index (χ4v) is 4.52. The Balaban J connectivity index is 1.37. The molecule has 3 atom stereocenters. The summed E-state index contributed by atoms with van der Waals surface area (Å²) in [6.45, 7) is 5.90. The molecule has 1 aromatic heterocycles. The zero-order chi connectivity index (χ0) is 23.9. The van der Waals surface area contributed by atoms with Gasteiger partial charge in [0.2, 0.25) is 11.8 Å². The Hall–Kier alpha value is -3.17. The number of anilines is 1. The highest BCUT2D eigenvalue weighted by Crippen LogP contribution is 2.31. The molecule has 3 heterocycles. The molecule has 2 aromatic rings. The molecule has 2 fully saturated rings. The molecular weight excluding hydrogens is 434 g/mol. The first-order valence-electron chi connectivity index (χ1n) is 12.0. The first kappa shape index (κ1) is 24.0. The fourth-order valence-electron chi connectivity index (χ4n) is 4.52. The number of piperidine rings is 1. The van der Waals surface area contributed by atoms with Gasteiger partial charge in [0.25, 0.3) is 0 Å². The molecule has 1 aromatic carbocycles. The molecule has 3 unspecified atom stereocenters. The summed E-state index contributed by atoms with van der Waals surface area (Å²) >= 11 is 0. The van der Waals surface area contributed by atoms with E-state index in [0.717, 1.165) is 18.4 Å². The van der Waals surface area contributed by atoms with Crippen LogP contribution in [0.3, 0.4) is 0 Å². The first-order valence-corrected chi connectivity index (χ1v) is 12.0. The summed E-state index contributed by atoms with van der Waals surface area (Å²) in [6.07, 6.45) is 5.68. The summed E-state index contributed by atoms with van der Waals surface area (Å²) in [4.78, 5) is 32.2. The molecule has 0 spiro atoms. The van der Waals surface area contributed by atoms with Crippen LogP contribution in [0, 0.1) is 5.92 Å². The van der Waals surface area contributed by atoms with Crippen molar-refractivity contribution in [3.63, 3.8) is 0 Å². The van der Waals surface area contributed by atoms with Gasteiger partial charge in [0.15, 0.2) is 0 Å². The molecule has 2 saturated heterocycles. The molecule has 2 amide bonds.